The maximum atomic E-state index is 11.8. The van der Waals surface area contributed by atoms with Gasteiger partial charge in [-0.2, -0.15) is 5.10 Å². The van der Waals surface area contributed by atoms with Gasteiger partial charge in [0.05, 0.1) is 0 Å². The first-order valence-corrected chi connectivity index (χ1v) is 5.68. The number of anilines is 1. The van der Waals surface area contributed by atoms with Gasteiger partial charge in [-0.3, -0.25) is 9.48 Å². The number of carbonyl (C=O) groups is 1. The van der Waals surface area contributed by atoms with E-state index in [1.165, 1.54) is 0 Å². The number of hydrogen-bond acceptors (Lipinski definition) is 2. The van der Waals surface area contributed by atoms with Crippen LogP contribution in [-0.2, 0) is 12.9 Å². The van der Waals surface area contributed by atoms with Crippen molar-refractivity contribution in [2.24, 2.45) is 7.05 Å². The molecule has 0 unspecified atom stereocenters. The fraction of sp³-hybridized carbons (Fsp3) is 0.167. The second-order valence-electron chi connectivity index (χ2n) is 3.66. The van der Waals surface area contributed by atoms with E-state index in [1.807, 2.05) is 12.1 Å². The number of aromatic nitrogens is 2. The molecule has 0 aliphatic rings. The molecular formula is C12H12ClN3O. The summed E-state index contributed by atoms with van der Waals surface area (Å²) < 4.78 is 1.63. The summed E-state index contributed by atoms with van der Waals surface area (Å²) in [5.74, 6) is 0.811. The second-order valence-corrected chi connectivity index (χ2v) is 3.93. The van der Waals surface area contributed by atoms with Crippen LogP contribution in [0.25, 0.3) is 0 Å². The van der Waals surface area contributed by atoms with Crippen LogP contribution in [0.1, 0.15) is 15.9 Å². The highest BCUT2D eigenvalue weighted by Gasteiger charge is 2.07. The summed E-state index contributed by atoms with van der Waals surface area (Å²) >= 11 is 5.68. The van der Waals surface area contributed by atoms with Gasteiger partial charge in [0.15, 0.2) is 5.82 Å². The van der Waals surface area contributed by atoms with E-state index in [0.29, 0.717) is 17.3 Å². The smallest absolute Gasteiger partial charge is 0.256 e. The van der Waals surface area contributed by atoms with Gasteiger partial charge in [0, 0.05) is 30.8 Å². The molecule has 0 bridgehead atoms. The summed E-state index contributed by atoms with van der Waals surface area (Å²) in [6.07, 6.45) is 1.77. The molecule has 2 rings (SSSR count). The third kappa shape index (κ3) is 2.85. The van der Waals surface area contributed by atoms with Crippen molar-refractivity contribution in [2.45, 2.75) is 5.88 Å². The molecule has 0 fully saturated rings. The van der Waals surface area contributed by atoms with Gasteiger partial charge < -0.3 is 5.32 Å². The van der Waals surface area contributed by atoms with Crippen LogP contribution in [0.5, 0.6) is 0 Å². The van der Waals surface area contributed by atoms with Crippen molar-refractivity contribution in [3.05, 3.63) is 47.7 Å². The fourth-order valence-electron chi connectivity index (χ4n) is 1.42. The van der Waals surface area contributed by atoms with E-state index >= 15 is 0 Å². The van der Waals surface area contributed by atoms with E-state index in [-0.39, 0.29) is 5.91 Å². The molecule has 1 aromatic heterocycles. The van der Waals surface area contributed by atoms with Gasteiger partial charge in [0.2, 0.25) is 0 Å². The van der Waals surface area contributed by atoms with Crippen molar-refractivity contribution in [1.29, 1.82) is 0 Å². The van der Waals surface area contributed by atoms with Crippen LogP contribution in [0.2, 0.25) is 0 Å². The topological polar surface area (TPSA) is 46.9 Å². The number of nitrogens with one attached hydrogen (secondary N) is 1. The zero-order valence-corrected chi connectivity index (χ0v) is 10.1. The van der Waals surface area contributed by atoms with Gasteiger partial charge in [-0.25, -0.2) is 0 Å². The average Bonchev–Trinajstić information content (AvgIpc) is 2.75. The first kappa shape index (κ1) is 11.7. The van der Waals surface area contributed by atoms with Gasteiger partial charge in [-0.15, -0.1) is 11.6 Å². The molecule has 5 heteroatoms. The maximum absolute atomic E-state index is 11.8. The predicted molar refractivity (Wildman–Crippen MR) is 67.2 cm³/mol. The molecular weight excluding hydrogens is 238 g/mol. The Hall–Kier alpha value is -1.81. The number of nitrogens with zero attached hydrogens (tertiary/aromatic N) is 2. The number of aryl methyl sites for hydroxylation is 1. The molecule has 1 aromatic carbocycles. The number of hydrogen-bond donors (Lipinski definition) is 1. The average molecular weight is 250 g/mol. The Labute approximate surface area is 104 Å². The molecule has 4 nitrogen and oxygen atoms in total. The number of alkyl halides is 1. The van der Waals surface area contributed by atoms with E-state index in [4.69, 9.17) is 11.6 Å². The lowest BCUT2D eigenvalue weighted by molar-refractivity contribution is 0.102. The van der Waals surface area contributed by atoms with Crippen molar-refractivity contribution in [3.63, 3.8) is 0 Å². The van der Waals surface area contributed by atoms with Crippen molar-refractivity contribution < 1.29 is 4.79 Å². The molecule has 0 aliphatic heterocycles. The quantitative estimate of drug-likeness (QED) is 0.850. The van der Waals surface area contributed by atoms with Crippen molar-refractivity contribution in [1.82, 2.24) is 9.78 Å². The van der Waals surface area contributed by atoms with E-state index in [2.05, 4.69) is 10.4 Å². The maximum Gasteiger partial charge on any atom is 0.256 e. The van der Waals surface area contributed by atoms with Crippen molar-refractivity contribution in [2.75, 3.05) is 5.32 Å². The Morgan fingerprint density at radius 1 is 1.35 bits per heavy atom. The first-order chi connectivity index (χ1) is 8.19. The molecule has 0 saturated heterocycles. The van der Waals surface area contributed by atoms with Gasteiger partial charge in [0.25, 0.3) is 5.91 Å². The Kier molecular flexibility index (Phi) is 3.44. The minimum absolute atomic E-state index is 0.176. The molecule has 0 atom stereocenters. The van der Waals surface area contributed by atoms with Crippen LogP contribution in [0.3, 0.4) is 0 Å². The zero-order chi connectivity index (χ0) is 12.3. The van der Waals surface area contributed by atoms with Crippen LogP contribution in [-0.4, -0.2) is 15.7 Å². The highest BCUT2D eigenvalue weighted by Crippen LogP contribution is 2.09. The highest BCUT2D eigenvalue weighted by atomic mass is 35.5. The van der Waals surface area contributed by atoms with Crippen LogP contribution in [0.15, 0.2) is 36.5 Å². The number of benzene rings is 1. The normalized spacial score (nSPS) is 10.2. The minimum atomic E-state index is -0.176. The van der Waals surface area contributed by atoms with Crippen LogP contribution in [0, 0.1) is 0 Å². The fourth-order valence-corrected chi connectivity index (χ4v) is 1.59. The molecule has 1 heterocycles. The van der Waals surface area contributed by atoms with Crippen molar-refractivity contribution >= 4 is 23.3 Å². The summed E-state index contributed by atoms with van der Waals surface area (Å²) in [4.78, 5) is 11.8. The molecule has 0 saturated carbocycles. The molecule has 0 spiro atoms. The highest BCUT2D eigenvalue weighted by molar-refractivity contribution is 6.17. The zero-order valence-electron chi connectivity index (χ0n) is 9.35. The van der Waals surface area contributed by atoms with Gasteiger partial charge in [0.1, 0.15) is 0 Å². The lowest BCUT2D eigenvalue weighted by Gasteiger charge is -2.02. The predicted octanol–water partition coefficient (Wildman–Crippen LogP) is 2.41. The molecule has 1 N–H and O–H groups in total. The summed E-state index contributed by atoms with van der Waals surface area (Å²) in [7, 11) is 1.80. The van der Waals surface area contributed by atoms with E-state index in [9.17, 15) is 4.79 Å². The monoisotopic (exact) mass is 249 g/mol. The molecule has 17 heavy (non-hydrogen) atoms. The van der Waals surface area contributed by atoms with Crippen LogP contribution >= 0.6 is 11.6 Å². The standard InChI is InChI=1S/C12H12ClN3O/c1-16-7-6-11(15-16)14-12(17)10-4-2-9(8-13)3-5-10/h2-7H,8H2,1H3,(H,14,15,17). The Morgan fingerprint density at radius 3 is 2.59 bits per heavy atom. The molecule has 0 aliphatic carbocycles. The van der Waals surface area contributed by atoms with Crippen LogP contribution < -0.4 is 5.32 Å². The van der Waals surface area contributed by atoms with Gasteiger partial charge >= 0.3 is 0 Å². The lowest BCUT2D eigenvalue weighted by atomic mass is 10.1. The SMILES string of the molecule is Cn1ccc(NC(=O)c2ccc(CCl)cc2)n1. The molecule has 0 radical (unpaired) electrons. The van der Waals surface area contributed by atoms with Crippen molar-refractivity contribution in [3.8, 4) is 0 Å². The van der Waals surface area contributed by atoms with Gasteiger partial charge in [-0.1, -0.05) is 12.1 Å². The number of halogens is 1. The second kappa shape index (κ2) is 5.01. The number of carbonyl (C=O) groups excluding carboxylic acids is 1. The summed E-state index contributed by atoms with van der Waals surface area (Å²) in [5.41, 5.74) is 1.57. The largest absolute Gasteiger partial charge is 0.305 e. The number of rotatable bonds is 3. The molecule has 1 amide bonds. The van der Waals surface area contributed by atoms with E-state index < -0.39 is 0 Å². The third-order valence-corrected chi connectivity index (χ3v) is 2.63. The Morgan fingerprint density at radius 2 is 2.06 bits per heavy atom. The Balaban J connectivity index is 2.09. The van der Waals surface area contributed by atoms with E-state index in [0.717, 1.165) is 5.56 Å². The minimum Gasteiger partial charge on any atom is -0.305 e. The molecule has 2 aromatic rings. The summed E-state index contributed by atoms with van der Waals surface area (Å²) in [5, 5.41) is 6.79. The molecule has 88 valence electrons. The summed E-state index contributed by atoms with van der Waals surface area (Å²) in [6.45, 7) is 0. The van der Waals surface area contributed by atoms with Crippen LogP contribution in [0.4, 0.5) is 5.82 Å². The number of amides is 1. The Bertz CT molecular complexity index is 519. The summed E-state index contributed by atoms with van der Waals surface area (Å²) in [6, 6.07) is 8.90. The third-order valence-electron chi connectivity index (χ3n) is 2.33. The first-order valence-electron chi connectivity index (χ1n) is 5.15. The van der Waals surface area contributed by atoms with E-state index in [1.54, 1.807) is 36.1 Å². The van der Waals surface area contributed by atoms with Gasteiger partial charge in [-0.05, 0) is 17.7 Å². The lowest BCUT2D eigenvalue weighted by Crippen LogP contribution is -2.12.